The van der Waals surface area contributed by atoms with E-state index in [-0.39, 0.29) is 0 Å². The summed E-state index contributed by atoms with van der Waals surface area (Å²) in [5, 5.41) is 3.60. The number of hydrogen-bond acceptors (Lipinski definition) is 1. The molecule has 0 aromatic heterocycles. The highest BCUT2D eigenvalue weighted by Crippen LogP contribution is 2.16. The van der Waals surface area contributed by atoms with Crippen molar-refractivity contribution in [3.05, 3.63) is 11.3 Å². The van der Waals surface area contributed by atoms with Gasteiger partial charge in [-0.05, 0) is 39.5 Å². The van der Waals surface area contributed by atoms with Crippen molar-refractivity contribution in [3.8, 4) is 0 Å². The molecule has 1 heteroatoms. The van der Waals surface area contributed by atoms with E-state index in [1.807, 2.05) is 0 Å². The smallest absolute Gasteiger partial charge is 0.0227 e. The highest BCUT2D eigenvalue weighted by molar-refractivity contribution is 5.11. The maximum Gasteiger partial charge on any atom is 0.0227 e. The molecule has 0 aromatic carbocycles. The zero-order valence-electron chi connectivity index (χ0n) is 10.1. The lowest BCUT2D eigenvalue weighted by molar-refractivity contribution is 0.512. The molecule has 1 N–H and O–H groups in total. The van der Waals surface area contributed by atoms with Crippen molar-refractivity contribution < 1.29 is 0 Å². The molecule has 0 saturated heterocycles. The highest BCUT2D eigenvalue weighted by atomic mass is 14.9. The summed E-state index contributed by atoms with van der Waals surface area (Å²) >= 11 is 0. The largest absolute Gasteiger partial charge is 0.386 e. The van der Waals surface area contributed by atoms with Crippen LogP contribution in [0.1, 0.15) is 54.4 Å². The maximum absolute atomic E-state index is 3.60. The van der Waals surface area contributed by atoms with E-state index in [4.69, 9.17) is 0 Å². The van der Waals surface area contributed by atoms with Crippen LogP contribution in [0.4, 0.5) is 0 Å². The van der Waals surface area contributed by atoms with E-state index in [0.717, 1.165) is 0 Å². The van der Waals surface area contributed by atoms with Gasteiger partial charge >= 0.3 is 0 Å². The normalized spacial score (nSPS) is 14.9. The predicted molar refractivity (Wildman–Crippen MR) is 60.7 cm³/mol. The Labute approximate surface area is 83.6 Å². The van der Waals surface area contributed by atoms with Gasteiger partial charge in [-0.2, -0.15) is 0 Å². The van der Waals surface area contributed by atoms with Crippen LogP contribution in [0.25, 0.3) is 0 Å². The van der Waals surface area contributed by atoms with Gasteiger partial charge in [0.1, 0.15) is 0 Å². The highest BCUT2D eigenvalue weighted by Gasteiger charge is 2.09. The van der Waals surface area contributed by atoms with Gasteiger partial charge in [0.05, 0.1) is 0 Å². The van der Waals surface area contributed by atoms with Crippen LogP contribution in [-0.2, 0) is 0 Å². The van der Waals surface area contributed by atoms with Crippen LogP contribution in [0.2, 0.25) is 0 Å². The standard InChI is InChI=1S/C12H25N/c1-7-10(5)12(9(3)4)13-11(6)8-2/h10-11,13H,7-8H2,1-6H3. The Morgan fingerprint density at radius 1 is 1.08 bits per heavy atom. The monoisotopic (exact) mass is 183 g/mol. The fourth-order valence-electron chi connectivity index (χ4n) is 1.35. The maximum atomic E-state index is 3.60. The van der Waals surface area contributed by atoms with Crippen molar-refractivity contribution in [1.29, 1.82) is 0 Å². The molecular formula is C12H25N. The molecule has 2 unspecified atom stereocenters. The molecule has 0 aliphatic rings. The lowest BCUT2D eigenvalue weighted by Gasteiger charge is -2.22. The first-order chi connectivity index (χ1) is 6.02. The van der Waals surface area contributed by atoms with E-state index in [1.54, 1.807) is 0 Å². The van der Waals surface area contributed by atoms with E-state index in [0.29, 0.717) is 12.0 Å². The van der Waals surface area contributed by atoms with Gasteiger partial charge in [0, 0.05) is 11.7 Å². The van der Waals surface area contributed by atoms with Gasteiger partial charge in [0.25, 0.3) is 0 Å². The van der Waals surface area contributed by atoms with Crippen molar-refractivity contribution in [3.63, 3.8) is 0 Å². The lowest BCUT2D eigenvalue weighted by Crippen LogP contribution is -2.28. The second-order valence-electron chi connectivity index (χ2n) is 4.18. The first-order valence-electron chi connectivity index (χ1n) is 5.46. The topological polar surface area (TPSA) is 12.0 Å². The van der Waals surface area contributed by atoms with Gasteiger partial charge < -0.3 is 5.32 Å². The molecule has 0 amide bonds. The summed E-state index contributed by atoms with van der Waals surface area (Å²) < 4.78 is 0. The Hall–Kier alpha value is -0.460. The molecule has 2 atom stereocenters. The second-order valence-corrected chi connectivity index (χ2v) is 4.18. The third-order valence-corrected chi connectivity index (χ3v) is 2.66. The SMILES string of the molecule is CCC(C)NC(=C(C)C)C(C)CC. The Bertz CT molecular complexity index is 166. The number of hydrogen-bond donors (Lipinski definition) is 1. The molecule has 1 nitrogen and oxygen atoms in total. The summed E-state index contributed by atoms with van der Waals surface area (Å²) in [7, 11) is 0. The zero-order valence-corrected chi connectivity index (χ0v) is 10.1. The first kappa shape index (κ1) is 12.5. The number of nitrogens with one attached hydrogen (secondary N) is 1. The van der Waals surface area contributed by atoms with Crippen molar-refractivity contribution in [2.24, 2.45) is 5.92 Å². The van der Waals surface area contributed by atoms with Crippen LogP contribution in [0.5, 0.6) is 0 Å². The fraction of sp³-hybridized carbons (Fsp3) is 0.833. The summed E-state index contributed by atoms with van der Waals surface area (Å²) in [5.74, 6) is 0.666. The summed E-state index contributed by atoms with van der Waals surface area (Å²) in [4.78, 5) is 0. The minimum Gasteiger partial charge on any atom is -0.386 e. The quantitative estimate of drug-likeness (QED) is 0.685. The molecule has 78 valence electrons. The van der Waals surface area contributed by atoms with E-state index in [1.165, 1.54) is 24.1 Å². The van der Waals surface area contributed by atoms with Crippen LogP contribution >= 0.6 is 0 Å². The Balaban J connectivity index is 4.38. The van der Waals surface area contributed by atoms with Crippen molar-refractivity contribution in [2.75, 3.05) is 0 Å². The van der Waals surface area contributed by atoms with Crippen molar-refractivity contribution in [2.45, 2.75) is 60.4 Å². The summed E-state index contributed by atoms with van der Waals surface area (Å²) in [6.45, 7) is 13.4. The van der Waals surface area contributed by atoms with Gasteiger partial charge in [-0.1, -0.05) is 26.3 Å². The predicted octanol–water partition coefficient (Wildman–Crippen LogP) is 3.71. The molecule has 0 radical (unpaired) electrons. The molecular weight excluding hydrogens is 158 g/mol. The average Bonchev–Trinajstić information content (AvgIpc) is 2.11. The Kier molecular flexibility index (Phi) is 5.85. The molecule has 0 aliphatic heterocycles. The molecule has 0 aliphatic carbocycles. The van der Waals surface area contributed by atoms with Crippen LogP contribution in [-0.4, -0.2) is 6.04 Å². The van der Waals surface area contributed by atoms with E-state index in [9.17, 15) is 0 Å². The van der Waals surface area contributed by atoms with Crippen molar-refractivity contribution in [1.82, 2.24) is 5.32 Å². The third-order valence-electron chi connectivity index (χ3n) is 2.66. The second kappa shape index (κ2) is 6.06. The van der Waals surface area contributed by atoms with Gasteiger partial charge in [0.15, 0.2) is 0 Å². The Morgan fingerprint density at radius 3 is 1.92 bits per heavy atom. The van der Waals surface area contributed by atoms with Crippen LogP contribution in [0.15, 0.2) is 11.3 Å². The van der Waals surface area contributed by atoms with E-state index >= 15 is 0 Å². The third kappa shape index (κ3) is 4.35. The minimum absolute atomic E-state index is 0.596. The molecule has 0 aromatic rings. The van der Waals surface area contributed by atoms with Crippen LogP contribution in [0, 0.1) is 5.92 Å². The Morgan fingerprint density at radius 2 is 1.62 bits per heavy atom. The van der Waals surface area contributed by atoms with E-state index < -0.39 is 0 Å². The van der Waals surface area contributed by atoms with Gasteiger partial charge in [-0.3, -0.25) is 0 Å². The summed E-state index contributed by atoms with van der Waals surface area (Å²) in [6.07, 6.45) is 2.40. The van der Waals surface area contributed by atoms with Crippen LogP contribution in [0.3, 0.4) is 0 Å². The number of rotatable bonds is 5. The molecule has 0 heterocycles. The lowest BCUT2D eigenvalue weighted by atomic mass is 10.00. The molecule has 0 spiro atoms. The molecule has 0 saturated carbocycles. The van der Waals surface area contributed by atoms with Gasteiger partial charge in [-0.15, -0.1) is 0 Å². The summed E-state index contributed by atoms with van der Waals surface area (Å²) in [5.41, 5.74) is 2.87. The van der Waals surface area contributed by atoms with Crippen LogP contribution < -0.4 is 5.32 Å². The number of allylic oxidation sites excluding steroid dienone is 2. The molecule has 13 heavy (non-hydrogen) atoms. The average molecular weight is 183 g/mol. The summed E-state index contributed by atoms with van der Waals surface area (Å²) in [6, 6.07) is 0.596. The molecule has 0 bridgehead atoms. The van der Waals surface area contributed by atoms with Gasteiger partial charge in [0.2, 0.25) is 0 Å². The molecule has 0 rings (SSSR count). The fourth-order valence-corrected chi connectivity index (χ4v) is 1.35. The minimum atomic E-state index is 0.596. The van der Waals surface area contributed by atoms with E-state index in [2.05, 4.69) is 46.9 Å². The first-order valence-corrected chi connectivity index (χ1v) is 5.46. The van der Waals surface area contributed by atoms with Crippen molar-refractivity contribution >= 4 is 0 Å². The van der Waals surface area contributed by atoms with Gasteiger partial charge in [-0.25, -0.2) is 0 Å². The zero-order chi connectivity index (χ0) is 10.4. The molecule has 0 fully saturated rings.